The van der Waals surface area contributed by atoms with E-state index in [1.165, 1.54) is 11.8 Å². The lowest BCUT2D eigenvalue weighted by atomic mass is 9.99. The van der Waals surface area contributed by atoms with Gasteiger partial charge in [-0.2, -0.15) is 0 Å². The van der Waals surface area contributed by atoms with Crippen LogP contribution in [-0.2, 0) is 11.3 Å². The Morgan fingerprint density at radius 2 is 2.12 bits per heavy atom. The molecule has 0 spiro atoms. The van der Waals surface area contributed by atoms with Crippen molar-refractivity contribution in [3.8, 4) is 0 Å². The molecule has 0 aliphatic carbocycles. The second-order valence-corrected chi connectivity index (χ2v) is 7.91. The monoisotopic (exact) mass is 365 g/mol. The van der Waals surface area contributed by atoms with Crippen molar-refractivity contribution in [2.75, 3.05) is 18.8 Å². The Morgan fingerprint density at radius 3 is 2.83 bits per heavy atom. The summed E-state index contributed by atoms with van der Waals surface area (Å²) in [6.45, 7) is 7.09. The van der Waals surface area contributed by atoms with Gasteiger partial charge in [-0.05, 0) is 43.4 Å². The Balaban J connectivity index is 1.72. The zero-order valence-electron chi connectivity index (χ0n) is 14.3. The summed E-state index contributed by atoms with van der Waals surface area (Å²) in [5.74, 6) is 1.41. The summed E-state index contributed by atoms with van der Waals surface area (Å²) < 4.78 is 2.20. The van der Waals surface area contributed by atoms with Crippen LogP contribution < -0.4 is 0 Å². The van der Waals surface area contributed by atoms with Crippen LogP contribution in [0.25, 0.3) is 11.0 Å². The Hall–Kier alpha value is -1.20. The van der Waals surface area contributed by atoms with Crippen molar-refractivity contribution in [1.82, 2.24) is 14.5 Å². The SMILES string of the molecule is CCCn1c(SCC(=O)N2CCC(C)CC2)nc2cc(Cl)ccc21. The van der Waals surface area contributed by atoms with E-state index in [4.69, 9.17) is 16.6 Å². The predicted octanol–water partition coefficient (Wildman–Crippen LogP) is 4.45. The van der Waals surface area contributed by atoms with Crippen molar-refractivity contribution in [2.24, 2.45) is 5.92 Å². The Kier molecular flexibility index (Phi) is 5.72. The summed E-state index contributed by atoms with van der Waals surface area (Å²) >= 11 is 7.62. The van der Waals surface area contributed by atoms with Gasteiger partial charge in [-0.3, -0.25) is 4.79 Å². The Labute approximate surface area is 152 Å². The van der Waals surface area contributed by atoms with Crippen LogP contribution in [0.5, 0.6) is 0 Å². The van der Waals surface area contributed by atoms with Crippen LogP contribution in [0.2, 0.25) is 5.02 Å². The second-order valence-electron chi connectivity index (χ2n) is 6.53. The third-order valence-corrected chi connectivity index (χ3v) is 5.78. The average Bonchev–Trinajstić information content (AvgIpc) is 2.90. The maximum Gasteiger partial charge on any atom is 0.233 e. The molecule has 2 aromatic rings. The standard InChI is InChI=1S/C18H24ClN3OS/c1-3-8-22-16-5-4-14(19)11-15(16)20-18(22)24-12-17(23)21-9-6-13(2)7-10-21/h4-5,11,13H,3,6-10,12H2,1-2H3. The highest BCUT2D eigenvalue weighted by atomic mass is 35.5. The molecule has 4 nitrogen and oxygen atoms in total. The number of thioether (sulfide) groups is 1. The summed E-state index contributed by atoms with van der Waals surface area (Å²) in [7, 11) is 0. The molecule has 0 bridgehead atoms. The Morgan fingerprint density at radius 1 is 1.38 bits per heavy atom. The van der Waals surface area contributed by atoms with Gasteiger partial charge in [0.1, 0.15) is 0 Å². The molecule has 1 aliphatic heterocycles. The number of piperidine rings is 1. The highest BCUT2D eigenvalue weighted by molar-refractivity contribution is 7.99. The number of fused-ring (bicyclic) bond motifs is 1. The minimum absolute atomic E-state index is 0.222. The lowest BCUT2D eigenvalue weighted by Gasteiger charge is -2.30. The van der Waals surface area contributed by atoms with Crippen molar-refractivity contribution in [2.45, 2.75) is 44.8 Å². The number of rotatable bonds is 5. The van der Waals surface area contributed by atoms with Crippen LogP contribution in [0.1, 0.15) is 33.1 Å². The molecule has 2 heterocycles. The molecule has 0 N–H and O–H groups in total. The maximum absolute atomic E-state index is 12.5. The molecule has 1 amide bonds. The number of halogens is 1. The van der Waals surface area contributed by atoms with Crippen molar-refractivity contribution < 1.29 is 4.79 Å². The largest absolute Gasteiger partial charge is 0.342 e. The molecule has 0 atom stereocenters. The highest BCUT2D eigenvalue weighted by Gasteiger charge is 2.21. The minimum atomic E-state index is 0.222. The highest BCUT2D eigenvalue weighted by Crippen LogP contribution is 2.27. The first kappa shape index (κ1) is 17.6. The number of carbonyl (C=O) groups is 1. The second kappa shape index (κ2) is 7.79. The molecule has 6 heteroatoms. The minimum Gasteiger partial charge on any atom is -0.342 e. The van der Waals surface area contributed by atoms with Gasteiger partial charge in [0, 0.05) is 24.7 Å². The first-order chi connectivity index (χ1) is 11.6. The van der Waals surface area contributed by atoms with Gasteiger partial charge in [0.25, 0.3) is 0 Å². The van der Waals surface area contributed by atoms with Crippen LogP contribution in [-0.4, -0.2) is 39.2 Å². The molecule has 0 unspecified atom stereocenters. The fraction of sp³-hybridized carbons (Fsp3) is 0.556. The zero-order valence-corrected chi connectivity index (χ0v) is 15.9. The van der Waals surface area contributed by atoms with Crippen LogP contribution in [0, 0.1) is 5.92 Å². The van der Waals surface area contributed by atoms with Gasteiger partial charge in [-0.25, -0.2) is 4.98 Å². The molecule has 1 saturated heterocycles. The third kappa shape index (κ3) is 3.89. The van der Waals surface area contributed by atoms with Crippen LogP contribution in [0.3, 0.4) is 0 Å². The molecule has 1 aromatic carbocycles. The van der Waals surface area contributed by atoms with Crippen molar-refractivity contribution >= 4 is 40.3 Å². The number of amides is 1. The number of likely N-dealkylation sites (tertiary alicyclic amines) is 1. The first-order valence-corrected chi connectivity index (χ1v) is 10.0. The van der Waals surface area contributed by atoms with Gasteiger partial charge >= 0.3 is 0 Å². The zero-order chi connectivity index (χ0) is 17.1. The molecule has 130 valence electrons. The molecule has 0 radical (unpaired) electrons. The normalized spacial score (nSPS) is 16.0. The molecule has 24 heavy (non-hydrogen) atoms. The number of aromatic nitrogens is 2. The smallest absolute Gasteiger partial charge is 0.233 e. The van der Waals surface area contributed by atoms with E-state index in [0.717, 1.165) is 61.0 Å². The van der Waals surface area contributed by atoms with Gasteiger partial charge < -0.3 is 9.47 Å². The van der Waals surface area contributed by atoms with Gasteiger partial charge in [-0.1, -0.05) is 37.2 Å². The lowest BCUT2D eigenvalue weighted by Crippen LogP contribution is -2.38. The van der Waals surface area contributed by atoms with Gasteiger partial charge in [-0.15, -0.1) is 0 Å². The Bertz CT molecular complexity index is 722. The fourth-order valence-electron chi connectivity index (χ4n) is 3.11. The van der Waals surface area contributed by atoms with Gasteiger partial charge in [0.05, 0.1) is 16.8 Å². The fourth-order valence-corrected chi connectivity index (χ4v) is 4.22. The summed E-state index contributed by atoms with van der Waals surface area (Å²) in [6.07, 6.45) is 3.26. The third-order valence-electron chi connectivity index (χ3n) is 4.58. The van der Waals surface area contributed by atoms with Gasteiger partial charge in [0.15, 0.2) is 5.16 Å². The average molecular weight is 366 g/mol. The maximum atomic E-state index is 12.5. The first-order valence-electron chi connectivity index (χ1n) is 8.65. The number of hydrogen-bond acceptors (Lipinski definition) is 3. The summed E-state index contributed by atoms with van der Waals surface area (Å²) in [6, 6.07) is 5.80. The molecular formula is C18H24ClN3OS. The predicted molar refractivity (Wildman–Crippen MR) is 101 cm³/mol. The molecule has 1 aromatic heterocycles. The summed E-state index contributed by atoms with van der Waals surface area (Å²) in [4.78, 5) is 19.2. The van der Waals surface area contributed by atoms with E-state index in [1.807, 2.05) is 23.1 Å². The van der Waals surface area contributed by atoms with Crippen molar-refractivity contribution in [3.63, 3.8) is 0 Å². The molecule has 3 rings (SSSR count). The van der Waals surface area contributed by atoms with Gasteiger partial charge in [0.2, 0.25) is 5.91 Å². The molecule has 1 aliphatic rings. The molecule has 0 saturated carbocycles. The van der Waals surface area contributed by atoms with E-state index in [2.05, 4.69) is 18.4 Å². The topological polar surface area (TPSA) is 38.1 Å². The van der Waals surface area contributed by atoms with E-state index in [-0.39, 0.29) is 5.91 Å². The van der Waals surface area contributed by atoms with Crippen LogP contribution in [0.4, 0.5) is 0 Å². The van der Waals surface area contributed by atoms with Crippen LogP contribution >= 0.6 is 23.4 Å². The van der Waals surface area contributed by atoms with Crippen LogP contribution in [0.15, 0.2) is 23.4 Å². The summed E-state index contributed by atoms with van der Waals surface area (Å²) in [5.41, 5.74) is 1.99. The summed E-state index contributed by atoms with van der Waals surface area (Å²) in [5, 5.41) is 1.60. The van der Waals surface area contributed by atoms with E-state index in [9.17, 15) is 4.79 Å². The van der Waals surface area contributed by atoms with Crippen molar-refractivity contribution in [3.05, 3.63) is 23.2 Å². The van der Waals surface area contributed by atoms with E-state index >= 15 is 0 Å². The number of carbonyl (C=O) groups excluding carboxylic acids is 1. The number of nitrogens with zero attached hydrogens (tertiary/aromatic N) is 3. The molecule has 1 fully saturated rings. The lowest BCUT2D eigenvalue weighted by molar-refractivity contribution is -0.129. The van der Waals surface area contributed by atoms with E-state index in [0.29, 0.717) is 10.8 Å². The van der Waals surface area contributed by atoms with E-state index in [1.54, 1.807) is 0 Å². The van der Waals surface area contributed by atoms with Crippen molar-refractivity contribution in [1.29, 1.82) is 0 Å². The number of benzene rings is 1. The number of imidazole rings is 1. The quantitative estimate of drug-likeness (QED) is 0.734. The van der Waals surface area contributed by atoms with E-state index < -0.39 is 0 Å². The number of aryl methyl sites for hydroxylation is 1. The number of hydrogen-bond donors (Lipinski definition) is 0. The molecular weight excluding hydrogens is 342 g/mol.